The molecule has 114 valence electrons. The number of hydrogen-bond donors (Lipinski definition) is 1. The summed E-state index contributed by atoms with van der Waals surface area (Å²) < 4.78 is 7.23. The lowest BCUT2D eigenvalue weighted by atomic mass is 9.95. The van der Waals surface area contributed by atoms with Gasteiger partial charge in [0, 0.05) is 17.5 Å². The minimum Gasteiger partial charge on any atom is -0.495 e. The van der Waals surface area contributed by atoms with Crippen molar-refractivity contribution in [3.8, 4) is 17.0 Å². The van der Waals surface area contributed by atoms with Crippen LogP contribution in [0.2, 0.25) is 5.02 Å². The Hall–Kier alpha value is -1.68. The van der Waals surface area contributed by atoms with Crippen molar-refractivity contribution in [2.24, 2.45) is 0 Å². The molecule has 2 aromatic rings. The average Bonchev–Trinajstić information content (AvgIpc) is 2.75. The van der Waals surface area contributed by atoms with Gasteiger partial charge in [-0.2, -0.15) is 0 Å². The van der Waals surface area contributed by atoms with Crippen LogP contribution in [0.3, 0.4) is 0 Å². The second-order valence-corrected chi connectivity index (χ2v) is 6.42. The molecular formula is C16H22ClN3O. The number of nitrogen functional groups attached to an aromatic ring is 1. The molecule has 21 heavy (non-hydrogen) atoms. The first-order valence-electron chi connectivity index (χ1n) is 7.00. The number of anilines is 1. The molecule has 0 atom stereocenters. The maximum atomic E-state index is 6.29. The van der Waals surface area contributed by atoms with Crippen LogP contribution in [-0.2, 0) is 12.0 Å². The molecule has 0 aliphatic carbocycles. The van der Waals surface area contributed by atoms with Gasteiger partial charge in [-0.05, 0) is 25.1 Å². The fourth-order valence-electron chi connectivity index (χ4n) is 2.38. The van der Waals surface area contributed by atoms with E-state index in [-0.39, 0.29) is 5.41 Å². The van der Waals surface area contributed by atoms with E-state index in [1.807, 2.05) is 22.8 Å². The van der Waals surface area contributed by atoms with E-state index in [1.54, 1.807) is 7.11 Å². The number of aromatic nitrogens is 2. The van der Waals surface area contributed by atoms with E-state index < -0.39 is 0 Å². The maximum Gasteiger partial charge on any atom is 0.137 e. The molecule has 0 aliphatic heterocycles. The molecule has 2 N–H and O–H groups in total. The van der Waals surface area contributed by atoms with Gasteiger partial charge in [0.05, 0.1) is 12.1 Å². The van der Waals surface area contributed by atoms with Crippen molar-refractivity contribution in [2.45, 2.75) is 39.7 Å². The Morgan fingerprint density at radius 3 is 2.43 bits per heavy atom. The van der Waals surface area contributed by atoms with Gasteiger partial charge in [0.2, 0.25) is 0 Å². The van der Waals surface area contributed by atoms with Gasteiger partial charge in [-0.25, -0.2) is 4.98 Å². The molecule has 1 aromatic carbocycles. The molecule has 0 amide bonds. The van der Waals surface area contributed by atoms with Gasteiger partial charge in [-0.15, -0.1) is 0 Å². The highest BCUT2D eigenvalue weighted by Crippen LogP contribution is 2.35. The van der Waals surface area contributed by atoms with E-state index in [9.17, 15) is 0 Å². The minimum absolute atomic E-state index is 0.0708. The third-order valence-electron chi connectivity index (χ3n) is 3.42. The first-order valence-corrected chi connectivity index (χ1v) is 7.37. The number of nitrogens with zero attached hydrogens (tertiary/aromatic N) is 2. The Kier molecular flexibility index (Phi) is 4.19. The van der Waals surface area contributed by atoms with Crippen LogP contribution in [-0.4, -0.2) is 16.7 Å². The fraction of sp³-hybridized carbons (Fsp3) is 0.438. The summed E-state index contributed by atoms with van der Waals surface area (Å²) in [4.78, 5) is 4.76. The molecule has 0 saturated carbocycles. The Balaban J connectivity index is 2.60. The summed E-state index contributed by atoms with van der Waals surface area (Å²) in [6.45, 7) is 9.25. The molecule has 0 fully saturated rings. The zero-order valence-corrected chi connectivity index (χ0v) is 14.0. The van der Waals surface area contributed by atoms with Crippen LogP contribution < -0.4 is 10.5 Å². The highest BCUT2D eigenvalue weighted by atomic mass is 35.5. The lowest BCUT2D eigenvalue weighted by Crippen LogP contribution is -2.19. The third kappa shape index (κ3) is 2.86. The molecule has 0 spiro atoms. The van der Waals surface area contributed by atoms with Gasteiger partial charge in [0.25, 0.3) is 0 Å². The third-order valence-corrected chi connectivity index (χ3v) is 3.71. The number of rotatable bonds is 3. The molecule has 1 aromatic heterocycles. The Morgan fingerprint density at radius 2 is 2.00 bits per heavy atom. The van der Waals surface area contributed by atoms with Crippen molar-refractivity contribution in [2.75, 3.05) is 12.8 Å². The SMILES string of the molecule is CCn1c(C(C)(C)C)nc(-c2ccc(OC)c(Cl)c2)c1N. The van der Waals surface area contributed by atoms with Crippen LogP contribution in [0.15, 0.2) is 18.2 Å². The van der Waals surface area contributed by atoms with Crippen molar-refractivity contribution in [1.82, 2.24) is 9.55 Å². The summed E-state index contributed by atoms with van der Waals surface area (Å²) in [6, 6.07) is 5.60. The van der Waals surface area contributed by atoms with Crippen LogP contribution >= 0.6 is 11.6 Å². The number of methoxy groups -OCH3 is 1. The minimum atomic E-state index is -0.0708. The van der Waals surface area contributed by atoms with E-state index in [0.29, 0.717) is 16.6 Å². The van der Waals surface area contributed by atoms with Crippen LogP contribution in [0.4, 0.5) is 5.82 Å². The quantitative estimate of drug-likeness (QED) is 0.928. The molecule has 0 unspecified atom stereocenters. The predicted molar refractivity (Wildman–Crippen MR) is 88.0 cm³/mol. The lowest BCUT2D eigenvalue weighted by Gasteiger charge is -2.19. The van der Waals surface area contributed by atoms with Crippen molar-refractivity contribution in [3.63, 3.8) is 0 Å². The average molecular weight is 308 g/mol. The zero-order valence-electron chi connectivity index (χ0n) is 13.2. The summed E-state index contributed by atoms with van der Waals surface area (Å²) in [5.74, 6) is 2.29. The normalized spacial score (nSPS) is 11.7. The van der Waals surface area contributed by atoms with Crippen molar-refractivity contribution in [1.29, 1.82) is 0 Å². The summed E-state index contributed by atoms with van der Waals surface area (Å²) in [5, 5.41) is 0.553. The van der Waals surface area contributed by atoms with E-state index in [1.165, 1.54) is 0 Å². The Bertz CT molecular complexity index is 656. The van der Waals surface area contributed by atoms with E-state index in [0.717, 1.165) is 23.6 Å². The second kappa shape index (κ2) is 5.60. The molecule has 0 saturated heterocycles. The topological polar surface area (TPSA) is 53.1 Å². The van der Waals surface area contributed by atoms with Crippen molar-refractivity contribution < 1.29 is 4.74 Å². The molecular weight excluding hydrogens is 286 g/mol. The number of imidazole rings is 1. The smallest absolute Gasteiger partial charge is 0.137 e. The first kappa shape index (κ1) is 15.7. The number of hydrogen-bond acceptors (Lipinski definition) is 3. The molecule has 2 rings (SSSR count). The molecule has 0 radical (unpaired) electrons. The molecule has 1 heterocycles. The zero-order chi connectivity index (χ0) is 15.8. The molecule has 0 aliphatic rings. The molecule has 5 heteroatoms. The predicted octanol–water partition coefficient (Wildman–Crippen LogP) is 4.11. The van der Waals surface area contributed by atoms with Gasteiger partial charge in [0.15, 0.2) is 0 Å². The summed E-state index contributed by atoms with van der Waals surface area (Å²) >= 11 is 6.20. The van der Waals surface area contributed by atoms with E-state index in [2.05, 4.69) is 27.7 Å². The van der Waals surface area contributed by atoms with E-state index >= 15 is 0 Å². The van der Waals surface area contributed by atoms with E-state index in [4.69, 9.17) is 27.1 Å². The van der Waals surface area contributed by atoms with Crippen molar-refractivity contribution >= 4 is 17.4 Å². The summed E-state index contributed by atoms with van der Waals surface area (Å²) in [7, 11) is 1.60. The largest absolute Gasteiger partial charge is 0.495 e. The molecule has 4 nitrogen and oxygen atoms in total. The van der Waals surface area contributed by atoms with Gasteiger partial charge < -0.3 is 15.0 Å². The highest BCUT2D eigenvalue weighted by molar-refractivity contribution is 6.32. The van der Waals surface area contributed by atoms with Crippen LogP contribution in [0.5, 0.6) is 5.75 Å². The maximum absolute atomic E-state index is 6.29. The standard InChI is InChI=1S/C16H22ClN3O/c1-6-20-14(18)13(19-15(20)16(2,3)4)10-7-8-12(21-5)11(17)9-10/h7-9H,6,18H2,1-5H3. The monoisotopic (exact) mass is 307 g/mol. The van der Waals surface area contributed by atoms with Crippen LogP contribution in [0.25, 0.3) is 11.3 Å². The second-order valence-electron chi connectivity index (χ2n) is 6.01. The Labute approximate surface area is 130 Å². The fourth-order valence-corrected chi connectivity index (χ4v) is 2.64. The number of halogens is 1. The number of ether oxygens (including phenoxy) is 1. The van der Waals surface area contributed by atoms with Crippen LogP contribution in [0.1, 0.15) is 33.5 Å². The van der Waals surface area contributed by atoms with Gasteiger partial charge >= 0.3 is 0 Å². The summed E-state index contributed by atoms with van der Waals surface area (Å²) in [5.41, 5.74) is 7.89. The van der Waals surface area contributed by atoms with Crippen LogP contribution in [0, 0.1) is 0 Å². The summed E-state index contributed by atoms with van der Waals surface area (Å²) in [6.07, 6.45) is 0. The first-order chi connectivity index (χ1) is 9.79. The Morgan fingerprint density at radius 1 is 1.33 bits per heavy atom. The lowest BCUT2D eigenvalue weighted by molar-refractivity contribution is 0.415. The van der Waals surface area contributed by atoms with Crippen molar-refractivity contribution in [3.05, 3.63) is 29.0 Å². The highest BCUT2D eigenvalue weighted by Gasteiger charge is 2.25. The van der Waals surface area contributed by atoms with Gasteiger partial charge in [-0.3, -0.25) is 0 Å². The number of nitrogens with two attached hydrogens (primary N) is 1. The van der Waals surface area contributed by atoms with Gasteiger partial charge in [-0.1, -0.05) is 32.4 Å². The molecule has 0 bridgehead atoms. The van der Waals surface area contributed by atoms with Gasteiger partial charge in [0.1, 0.15) is 23.1 Å². The number of benzene rings is 1.